The summed E-state index contributed by atoms with van der Waals surface area (Å²) >= 11 is 0. The van der Waals surface area contributed by atoms with E-state index in [9.17, 15) is 5.11 Å². The molecule has 0 bridgehead atoms. The third-order valence-corrected chi connectivity index (χ3v) is 4.78. The number of benzene rings is 1. The lowest BCUT2D eigenvalue weighted by atomic mass is 9.68. The van der Waals surface area contributed by atoms with Crippen molar-refractivity contribution in [3.63, 3.8) is 0 Å². The Morgan fingerprint density at radius 2 is 2.13 bits per heavy atom. The minimum absolute atomic E-state index is 0.112. The van der Waals surface area contributed by atoms with Gasteiger partial charge < -0.3 is 14.7 Å². The van der Waals surface area contributed by atoms with Crippen molar-refractivity contribution >= 4 is 0 Å². The third-order valence-electron chi connectivity index (χ3n) is 4.78. The number of fused-ring (bicyclic) bond motifs is 1. The van der Waals surface area contributed by atoms with E-state index in [1.165, 1.54) is 0 Å². The minimum atomic E-state index is -1.04. The van der Waals surface area contributed by atoms with Crippen LogP contribution in [0.15, 0.2) is 42.7 Å². The van der Waals surface area contributed by atoms with Crippen LogP contribution in [0.3, 0.4) is 0 Å². The maximum atomic E-state index is 11.8. The van der Waals surface area contributed by atoms with Gasteiger partial charge in [0.1, 0.15) is 11.4 Å². The second-order valence-corrected chi connectivity index (χ2v) is 6.49. The average molecular weight is 312 g/mol. The highest BCUT2D eigenvalue weighted by atomic mass is 16.5. The third kappa shape index (κ3) is 2.73. The number of aromatic nitrogens is 1. The molecule has 1 aromatic heterocycles. The summed E-state index contributed by atoms with van der Waals surface area (Å²) in [5.74, 6) is 0.967. The predicted molar refractivity (Wildman–Crippen MR) is 90.6 cm³/mol. The monoisotopic (exact) mass is 312 g/mol. The largest absolute Gasteiger partial charge is 0.496 e. The highest BCUT2D eigenvalue weighted by Crippen LogP contribution is 2.46. The summed E-state index contributed by atoms with van der Waals surface area (Å²) < 4.78 is 5.52. The second-order valence-electron chi connectivity index (χ2n) is 6.49. The number of aliphatic hydroxyl groups is 1. The number of hydrogen-bond acceptors (Lipinski definition) is 4. The van der Waals surface area contributed by atoms with E-state index in [1.807, 2.05) is 44.4 Å². The van der Waals surface area contributed by atoms with E-state index < -0.39 is 5.60 Å². The van der Waals surface area contributed by atoms with Crippen LogP contribution in [0.5, 0.6) is 5.75 Å². The van der Waals surface area contributed by atoms with Crippen molar-refractivity contribution in [2.75, 3.05) is 27.7 Å². The Kier molecular flexibility index (Phi) is 4.37. The van der Waals surface area contributed by atoms with Gasteiger partial charge >= 0.3 is 0 Å². The van der Waals surface area contributed by atoms with E-state index in [0.29, 0.717) is 0 Å². The first-order valence-electron chi connectivity index (χ1n) is 8.01. The Balaban J connectivity index is 2.18. The van der Waals surface area contributed by atoms with Crippen molar-refractivity contribution in [3.8, 4) is 5.75 Å². The van der Waals surface area contributed by atoms with Crippen molar-refractivity contribution in [2.24, 2.45) is 5.92 Å². The summed E-state index contributed by atoms with van der Waals surface area (Å²) in [4.78, 5) is 6.37. The highest BCUT2D eigenvalue weighted by Gasteiger charge is 2.45. The van der Waals surface area contributed by atoms with E-state index in [2.05, 4.69) is 9.88 Å². The fourth-order valence-corrected chi connectivity index (χ4v) is 3.76. The lowest BCUT2D eigenvalue weighted by molar-refractivity contribution is -0.00704. The van der Waals surface area contributed by atoms with Gasteiger partial charge in [-0.05, 0) is 44.6 Å². The molecule has 1 N–H and O–H groups in total. The zero-order valence-corrected chi connectivity index (χ0v) is 14.0. The molecule has 4 heteroatoms. The zero-order valence-electron chi connectivity index (χ0n) is 14.0. The molecule has 2 atom stereocenters. The normalized spacial score (nSPS) is 23.6. The Morgan fingerprint density at radius 3 is 2.78 bits per heavy atom. The van der Waals surface area contributed by atoms with E-state index >= 15 is 0 Å². The van der Waals surface area contributed by atoms with Crippen LogP contribution in [0.2, 0.25) is 0 Å². The van der Waals surface area contributed by atoms with Crippen molar-refractivity contribution in [3.05, 3.63) is 59.4 Å². The van der Waals surface area contributed by atoms with E-state index in [0.717, 1.165) is 41.8 Å². The van der Waals surface area contributed by atoms with Crippen LogP contribution < -0.4 is 4.74 Å². The molecule has 1 heterocycles. The van der Waals surface area contributed by atoms with Gasteiger partial charge in [0.2, 0.25) is 0 Å². The number of rotatable bonds is 4. The summed E-state index contributed by atoms with van der Waals surface area (Å²) in [7, 11) is 5.78. The Morgan fingerprint density at radius 1 is 1.30 bits per heavy atom. The van der Waals surface area contributed by atoms with Crippen LogP contribution in [0.4, 0.5) is 0 Å². The molecule has 2 unspecified atom stereocenters. The molecule has 4 nitrogen and oxygen atoms in total. The molecule has 122 valence electrons. The molecular weight excluding hydrogens is 288 g/mol. The maximum absolute atomic E-state index is 11.8. The molecular formula is C19H24N2O2. The highest BCUT2D eigenvalue weighted by molar-refractivity contribution is 5.49. The van der Waals surface area contributed by atoms with Crippen molar-refractivity contribution in [1.82, 2.24) is 9.88 Å². The summed E-state index contributed by atoms with van der Waals surface area (Å²) in [6.45, 7) is 0.821. The average Bonchev–Trinajstić information content (AvgIpc) is 2.57. The molecule has 0 saturated carbocycles. The fourth-order valence-electron chi connectivity index (χ4n) is 3.76. The van der Waals surface area contributed by atoms with Gasteiger partial charge in [0.15, 0.2) is 0 Å². The predicted octanol–water partition coefficient (Wildman–Crippen LogP) is 2.45. The van der Waals surface area contributed by atoms with Crippen LogP contribution in [-0.4, -0.2) is 42.7 Å². The van der Waals surface area contributed by atoms with Crippen LogP contribution in [0.1, 0.15) is 23.1 Å². The molecule has 0 fully saturated rings. The topological polar surface area (TPSA) is 45.6 Å². The molecule has 0 aliphatic heterocycles. The van der Waals surface area contributed by atoms with Gasteiger partial charge in [-0.3, -0.25) is 4.98 Å². The fraction of sp³-hybridized carbons (Fsp3) is 0.421. The van der Waals surface area contributed by atoms with E-state index in [1.54, 1.807) is 19.5 Å². The number of methoxy groups -OCH3 is 1. The molecule has 0 amide bonds. The number of hydrogen-bond donors (Lipinski definition) is 1. The first-order chi connectivity index (χ1) is 11.1. The summed E-state index contributed by atoms with van der Waals surface area (Å²) in [5.41, 5.74) is 1.86. The van der Waals surface area contributed by atoms with Crippen molar-refractivity contribution in [1.29, 1.82) is 0 Å². The molecule has 1 aliphatic rings. The lowest BCUT2D eigenvalue weighted by Gasteiger charge is -2.43. The van der Waals surface area contributed by atoms with Crippen LogP contribution in [0.25, 0.3) is 0 Å². The molecule has 0 saturated heterocycles. The van der Waals surface area contributed by atoms with Crippen LogP contribution in [-0.2, 0) is 12.0 Å². The van der Waals surface area contributed by atoms with E-state index in [-0.39, 0.29) is 5.92 Å². The molecule has 1 aliphatic carbocycles. The second kappa shape index (κ2) is 6.30. The maximum Gasteiger partial charge on any atom is 0.122 e. The SMILES string of the molecule is COc1cccc2c1CCC(CN(C)C)C2(O)c1cccnc1. The summed E-state index contributed by atoms with van der Waals surface area (Å²) in [5, 5.41) is 11.8. The van der Waals surface area contributed by atoms with Gasteiger partial charge in [0.05, 0.1) is 7.11 Å². The van der Waals surface area contributed by atoms with Gasteiger partial charge in [-0.1, -0.05) is 18.2 Å². The summed E-state index contributed by atoms with van der Waals surface area (Å²) in [6, 6.07) is 9.79. The lowest BCUT2D eigenvalue weighted by Crippen LogP contribution is -2.45. The Bertz CT molecular complexity index is 672. The number of ether oxygens (including phenoxy) is 1. The van der Waals surface area contributed by atoms with Gasteiger partial charge in [-0.2, -0.15) is 0 Å². The molecule has 0 radical (unpaired) electrons. The Labute approximate surface area is 137 Å². The molecule has 2 aromatic rings. The number of pyridine rings is 1. The van der Waals surface area contributed by atoms with Gasteiger partial charge in [0, 0.05) is 36.0 Å². The first kappa shape index (κ1) is 16.0. The zero-order chi connectivity index (χ0) is 16.4. The molecule has 23 heavy (non-hydrogen) atoms. The first-order valence-corrected chi connectivity index (χ1v) is 8.01. The van der Waals surface area contributed by atoms with E-state index in [4.69, 9.17) is 4.74 Å². The smallest absolute Gasteiger partial charge is 0.122 e. The molecule has 1 aromatic carbocycles. The van der Waals surface area contributed by atoms with Crippen LogP contribution in [0, 0.1) is 5.92 Å². The van der Waals surface area contributed by atoms with Crippen molar-refractivity contribution < 1.29 is 9.84 Å². The standard InChI is InChI=1S/C19H24N2O2/c1-21(2)13-15-9-10-16-17(7-4-8-18(16)23-3)19(15,22)14-6-5-11-20-12-14/h4-8,11-12,15,22H,9-10,13H2,1-3H3. The quantitative estimate of drug-likeness (QED) is 0.942. The molecule has 0 spiro atoms. The molecule has 3 rings (SSSR count). The van der Waals surface area contributed by atoms with Gasteiger partial charge in [-0.25, -0.2) is 0 Å². The summed E-state index contributed by atoms with van der Waals surface area (Å²) in [6.07, 6.45) is 5.34. The Hall–Kier alpha value is -1.91. The number of nitrogens with zero attached hydrogens (tertiary/aromatic N) is 2. The van der Waals surface area contributed by atoms with Crippen LogP contribution >= 0.6 is 0 Å². The van der Waals surface area contributed by atoms with Gasteiger partial charge in [0.25, 0.3) is 0 Å². The van der Waals surface area contributed by atoms with Crippen molar-refractivity contribution in [2.45, 2.75) is 18.4 Å². The van der Waals surface area contributed by atoms with Gasteiger partial charge in [-0.15, -0.1) is 0 Å². The minimum Gasteiger partial charge on any atom is -0.496 e.